The summed E-state index contributed by atoms with van der Waals surface area (Å²) in [7, 11) is 0. The highest BCUT2D eigenvalue weighted by atomic mass is 79.9. The normalized spacial score (nSPS) is 24.7. The molecule has 1 heterocycles. The second-order valence-corrected chi connectivity index (χ2v) is 8.41. The minimum atomic E-state index is -0.0998. The zero-order valence-corrected chi connectivity index (χ0v) is 17.1. The van der Waals surface area contributed by atoms with Crippen LogP contribution in [-0.2, 0) is 20.9 Å². The maximum Gasteiger partial charge on any atom is 0.173 e. The molecule has 3 atom stereocenters. The molecule has 140 valence electrons. The number of benzene rings is 2. The highest BCUT2D eigenvalue weighted by molar-refractivity contribution is 9.10. The van der Waals surface area contributed by atoms with Gasteiger partial charge in [-0.25, -0.2) is 0 Å². The fraction of sp³-hybridized carbons (Fsp3) is 0.318. The molecule has 4 rings (SSSR count). The van der Waals surface area contributed by atoms with E-state index in [2.05, 4.69) is 28.1 Å². The van der Waals surface area contributed by atoms with Crippen LogP contribution in [0.5, 0.6) is 0 Å². The van der Waals surface area contributed by atoms with Crippen molar-refractivity contribution >= 4 is 38.9 Å². The average Bonchev–Trinajstić information content (AvgIpc) is 2.69. The standard InChI is InChI=1S/C22H20BrClO3/c23-16-5-1-14(2-6-16)12-26-18-9-10-19-21(11-18)27-13-20(22(19)25)15-3-7-17(24)8-4-15/h1-8,13,18-19,21H,9-12H2. The van der Waals surface area contributed by atoms with Crippen LogP contribution < -0.4 is 0 Å². The Morgan fingerprint density at radius 3 is 2.56 bits per heavy atom. The lowest BCUT2D eigenvalue weighted by atomic mass is 9.78. The smallest absolute Gasteiger partial charge is 0.173 e. The van der Waals surface area contributed by atoms with Crippen LogP contribution in [0.3, 0.4) is 0 Å². The van der Waals surface area contributed by atoms with Crippen LogP contribution in [0.15, 0.2) is 59.3 Å². The fourth-order valence-electron chi connectivity index (χ4n) is 3.74. The highest BCUT2D eigenvalue weighted by Crippen LogP contribution is 2.37. The van der Waals surface area contributed by atoms with Crippen LogP contribution in [0.25, 0.3) is 5.57 Å². The van der Waals surface area contributed by atoms with Gasteiger partial charge >= 0.3 is 0 Å². The van der Waals surface area contributed by atoms with Crippen LogP contribution in [-0.4, -0.2) is 18.0 Å². The van der Waals surface area contributed by atoms with Crippen molar-refractivity contribution in [3.05, 3.63) is 75.4 Å². The van der Waals surface area contributed by atoms with Gasteiger partial charge in [-0.2, -0.15) is 0 Å². The van der Waals surface area contributed by atoms with Gasteiger partial charge in [-0.15, -0.1) is 0 Å². The van der Waals surface area contributed by atoms with Crippen molar-refractivity contribution in [2.24, 2.45) is 5.92 Å². The third-order valence-electron chi connectivity index (χ3n) is 5.26. The lowest BCUT2D eigenvalue weighted by molar-refractivity contribution is -0.128. The van der Waals surface area contributed by atoms with E-state index in [0.29, 0.717) is 17.2 Å². The highest BCUT2D eigenvalue weighted by Gasteiger charge is 2.40. The predicted molar refractivity (Wildman–Crippen MR) is 109 cm³/mol. The summed E-state index contributed by atoms with van der Waals surface area (Å²) in [6.07, 6.45) is 4.05. The SMILES string of the molecule is O=C1C(c2ccc(Cl)cc2)=COC2CC(OCc3ccc(Br)cc3)CCC12. The Balaban J connectivity index is 1.39. The van der Waals surface area contributed by atoms with E-state index in [1.165, 1.54) is 0 Å². The van der Waals surface area contributed by atoms with E-state index < -0.39 is 0 Å². The molecule has 1 fully saturated rings. The summed E-state index contributed by atoms with van der Waals surface area (Å²) < 4.78 is 13.1. The minimum Gasteiger partial charge on any atom is -0.496 e. The summed E-state index contributed by atoms with van der Waals surface area (Å²) in [5.41, 5.74) is 2.64. The molecule has 1 saturated carbocycles. The molecule has 0 amide bonds. The van der Waals surface area contributed by atoms with E-state index in [1.807, 2.05) is 24.3 Å². The van der Waals surface area contributed by atoms with Crippen molar-refractivity contribution in [2.45, 2.75) is 38.1 Å². The van der Waals surface area contributed by atoms with Gasteiger partial charge in [0.05, 0.1) is 30.5 Å². The molecule has 3 nitrogen and oxygen atoms in total. The lowest BCUT2D eigenvalue weighted by Crippen LogP contribution is -2.41. The van der Waals surface area contributed by atoms with Crippen LogP contribution in [0, 0.1) is 5.92 Å². The molecule has 1 aliphatic heterocycles. The van der Waals surface area contributed by atoms with Crippen molar-refractivity contribution in [1.82, 2.24) is 0 Å². The number of ether oxygens (including phenoxy) is 2. The van der Waals surface area contributed by atoms with Crippen LogP contribution in [0.2, 0.25) is 5.02 Å². The molecule has 0 radical (unpaired) electrons. The fourth-order valence-corrected chi connectivity index (χ4v) is 4.13. The molecule has 0 spiro atoms. The monoisotopic (exact) mass is 446 g/mol. The van der Waals surface area contributed by atoms with E-state index in [-0.39, 0.29) is 23.9 Å². The van der Waals surface area contributed by atoms with Crippen molar-refractivity contribution in [2.75, 3.05) is 0 Å². The maximum absolute atomic E-state index is 12.9. The Kier molecular flexibility index (Phi) is 5.67. The van der Waals surface area contributed by atoms with Gasteiger partial charge in [0.15, 0.2) is 5.78 Å². The molecule has 3 unspecified atom stereocenters. The topological polar surface area (TPSA) is 35.5 Å². The Bertz CT molecular complexity index is 845. The van der Waals surface area contributed by atoms with Crippen LogP contribution in [0.1, 0.15) is 30.4 Å². The number of carbonyl (C=O) groups is 1. The van der Waals surface area contributed by atoms with Gasteiger partial charge in [0.1, 0.15) is 6.10 Å². The number of carbonyl (C=O) groups excluding carboxylic acids is 1. The maximum atomic E-state index is 12.9. The predicted octanol–water partition coefficient (Wildman–Crippen LogP) is 5.80. The number of fused-ring (bicyclic) bond motifs is 1. The van der Waals surface area contributed by atoms with Crippen molar-refractivity contribution in [3.63, 3.8) is 0 Å². The van der Waals surface area contributed by atoms with Crippen LogP contribution in [0.4, 0.5) is 0 Å². The number of halogens is 2. The second kappa shape index (κ2) is 8.17. The molecule has 0 saturated heterocycles. The number of rotatable bonds is 4. The Hall–Kier alpha value is -1.62. The second-order valence-electron chi connectivity index (χ2n) is 7.06. The number of allylic oxidation sites excluding steroid dienone is 1. The number of Topliss-reactive ketones (excluding diaryl/α,β-unsaturated/α-hetero) is 1. The molecular weight excluding hydrogens is 428 g/mol. The molecule has 2 aromatic carbocycles. The van der Waals surface area contributed by atoms with Gasteiger partial charge in [-0.1, -0.05) is 51.8 Å². The van der Waals surface area contributed by atoms with Gasteiger partial charge in [-0.05, 0) is 48.2 Å². The van der Waals surface area contributed by atoms with Crippen molar-refractivity contribution in [1.29, 1.82) is 0 Å². The summed E-state index contributed by atoms with van der Waals surface area (Å²) in [6.45, 7) is 0.579. The number of ketones is 1. The minimum absolute atomic E-state index is 0.0896. The summed E-state index contributed by atoms with van der Waals surface area (Å²) in [5.74, 6) is 0.0770. The third-order valence-corrected chi connectivity index (χ3v) is 6.04. The summed E-state index contributed by atoms with van der Waals surface area (Å²) >= 11 is 9.38. The molecule has 2 aliphatic rings. The van der Waals surface area contributed by atoms with E-state index in [4.69, 9.17) is 21.1 Å². The van der Waals surface area contributed by atoms with Gasteiger partial charge in [0.25, 0.3) is 0 Å². The Labute approximate surface area is 172 Å². The van der Waals surface area contributed by atoms with E-state index >= 15 is 0 Å². The molecule has 1 aliphatic carbocycles. The van der Waals surface area contributed by atoms with Gasteiger partial charge in [0.2, 0.25) is 0 Å². The zero-order chi connectivity index (χ0) is 18.8. The number of hydrogen-bond acceptors (Lipinski definition) is 3. The molecule has 5 heteroatoms. The Morgan fingerprint density at radius 2 is 1.81 bits per heavy atom. The summed E-state index contributed by atoms with van der Waals surface area (Å²) in [5, 5.41) is 0.657. The lowest BCUT2D eigenvalue weighted by Gasteiger charge is -2.37. The quantitative estimate of drug-likeness (QED) is 0.594. The molecule has 0 aromatic heterocycles. The van der Waals surface area contributed by atoms with E-state index in [9.17, 15) is 4.79 Å². The van der Waals surface area contributed by atoms with Crippen LogP contribution >= 0.6 is 27.5 Å². The van der Waals surface area contributed by atoms with Crippen molar-refractivity contribution < 1.29 is 14.3 Å². The summed E-state index contributed by atoms with van der Waals surface area (Å²) in [4.78, 5) is 12.9. The van der Waals surface area contributed by atoms with Crippen molar-refractivity contribution in [3.8, 4) is 0 Å². The van der Waals surface area contributed by atoms with Gasteiger partial charge < -0.3 is 9.47 Å². The zero-order valence-electron chi connectivity index (χ0n) is 14.7. The molecule has 27 heavy (non-hydrogen) atoms. The first-order valence-corrected chi connectivity index (χ1v) is 10.3. The average molecular weight is 448 g/mol. The van der Waals surface area contributed by atoms with Gasteiger partial charge in [-0.3, -0.25) is 4.79 Å². The first-order chi connectivity index (χ1) is 13.1. The Morgan fingerprint density at radius 1 is 1.07 bits per heavy atom. The summed E-state index contributed by atoms with van der Waals surface area (Å²) in [6, 6.07) is 15.5. The third kappa shape index (κ3) is 4.29. The van der Waals surface area contributed by atoms with E-state index in [1.54, 1.807) is 18.4 Å². The molecule has 0 bridgehead atoms. The molecular formula is C22H20BrClO3. The first kappa shape index (κ1) is 18.7. The van der Waals surface area contributed by atoms with E-state index in [0.717, 1.165) is 34.9 Å². The van der Waals surface area contributed by atoms with Gasteiger partial charge in [0, 0.05) is 15.9 Å². The first-order valence-electron chi connectivity index (χ1n) is 9.12. The molecule has 0 N–H and O–H groups in total. The number of hydrogen-bond donors (Lipinski definition) is 0. The molecule has 2 aromatic rings. The largest absolute Gasteiger partial charge is 0.496 e.